The zero-order valence-electron chi connectivity index (χ0n) is 9.97. The van der Waals surface area contributed by atoms with Gasteiger partial charge < -0.3 is 4.90 Å². The highest BCUT2D eigenvalue weighted by Gasteiger charge is 2.59. The molecular weight excluding hydrogens is 225 g/mol. The van der Waals surface area contributed by atoms with Gasteiger partial charge in [0.25, 0.3) is 5.91 Å². The van der Waals surface area contributed by atoms with Gasteiger partial charge in [0, 0.05) is 7.05 Å². The van der Waals surface area contributed by atoms with Crippen LogP contribution in [0.4, 0.5) is 4.79 Å². The molecule has 88 valence electrons. The van der Waals surface area contributed by atoms with Crippen LogP contribution in [0.15, 0.2) is 0 Å². The molecule has 3 amide bonds. The maximum absolute atomic E-state index is 11.9. The minimum absolute atomic E-state index is 0.00814. The second-order valence-corrected chi connectivity index (χ2v) is 7.10. The van der Waals surface area contributed by atoms with Gasteiger partial charge in [-0.25, -0.2) is 4.79 Å². The number of nitrogens with zero attached hydrogens (tertiary/aromatic N) is 2. The summed E-state index contributed by atoms with van der Waals surface area (Å²) in [6.07, 6.45) is 0. The molecule has 0 aromatic heterocycles. The molecule has 0 spiro atoms. The lowest BCUT2D eigenvalue weighted by atomic mass is 10.1. The molecule has 2 rings (SSSR count). The topological polar surface area (TPSA) is 64.5 Å². The van der Waals surface area contributed by atoms with E-state index in [9.17, 15) is 9.59 Å². The second kappa shape index (κ2) is 3.52. The van der Waals surface area contributed by atoms with Gasteiger partial charge in [-0.15, -0.1) is 5.16 Å². The van der Waals surface area contributed by atoms with Crippen molar-refractivity contribution in [2.75, 3.05) is 7.05 Å². The van der Waals surface area contributed by atoms with Gasteiger partial charge in [-0.3, -0.25) is 9.69 Å². The number of nitrogens with one attached hydrogen (secondary N) is 1. The Morgan fingerprint density at radius 1 is 1.19 bits per heavy atom. The van der Waals surface area contributed by atoms with E-state index in [0.29, 0.717) is 0 Å². The molecule has 2 saturated heterocycles. The van der Waals surface area contributed by atoms with E-state index in [4.69, 9.17) is 5.16 Å². The summed E-state index contributed by atoms with van der Waals surface area (Å²) in [7, 11) is 0.586. The van der Waals surface area contributed by atoms with E-state index in [-0.39, 0.29) is 29.3 Å². The molecule has 0 aromatic rings. The van der Waals surface area contributed by atoms with E-state index in [1.54, 1.807) is 4.90 Å². The molecule has 5 atom stereocenters. The van der Waals surface area contributed by atoms with Crippen LogP contribution in [0.1, 0.15) is 20.8 Å². The minimum Gasteiger partial charge on any atom is -0.300 e. The highest BCUT2D eigenvalue weighted by molar-refractivity contribution is 7.47. The van der Waals surface area contributed by atoms with Gasteiger partial charge in [-0.1, -0.05) is 0 Å². The third kappa shape index (κ3) is 1.24. The number of amides is 3. The first kappa shape index (κ1) is 11.5. The Kier molecular flexibility index (Phi) is 2.54. The van der Waals surface area contributed by atoms with Gasteiger partial charge in [0.05, 0.1) is 6.04 Å². The smallest absolute Gasteiger partial charge is 0.300 e. The first-order chi connectivity index (χ1) is 7.37. The van der Waals surface area contributed by atoms with Crippen molar-refractivity contribution in [1.29, 1.82) is 5.16 Å². The first-order valence-corrected chi connectivity index (χ1v) is 6.95. The summed E-state index contributed by atoms with van der Waals surface area (Å²) in [5.74, 6) is -0.143. The van der Waals surface area contributed by atoms with Gasteiger partial charge in [0.1, 0.15) is 0 Å². The molecule has 5 nitrogen and oxygen atoms in total. The molecule has 2 aliphatic rings. The SMILES string of the molecule is CC1C(C)[P+](=N)C(C)C2C(=O)N(C)C(=O)N12. The Morgan fingerprint density at radius 3 is 2.31 bits per heavy atom. The summed E-state index contributed by atoms with van der Waals surface area (Å²) in [6, 6.07) is -0.608. The fraction of sp³-hybridized carbons (Fsp3) is 0.800. The van der Waals surface area contributed by atoms with Crippen LogP contribution in [0.5, 0.6) is 0 Å². The quantitative estimate of drug-likeness (QED) is 0.518. The molecule has 16 heavy (non-hydrogen) atoms. The van der Waals surface area contributed by atoms with E-state index in [1.165, 1.54) is 11.9 Å². The highest BCUT2D eigenvalue weighted by atomic mass is 31.1. The zero-order valence-corrected chi connectivity index (χ0v) is 10.9. The number of fused-ring (bicyclic) bond motifs is 1. The average molecular weight is 242 g/mol. The van der Waals surface area contributed by atoms with Crippen molar-refractivity contribution in [2.24, 2.45) is 0 Å². The number of carbonyl (C=O) groups is 2. The Morgan fingerprint density at radius 2 is 1.75 bits per heavy atom. The molecule has 0 saturated carbocycles. The molecule has 1 N–H and O–H groups in total. The number of carbonyl (C=O) groups excluding carboxylic acids is 2. The monoisotopic (exact) mass is 242 g/mol. The van der Waals surface area contributed by atoms with Gasteiger partial charge >= 0.3 is 6.03 Å². The average Bonchev–Trinajstić information content (AvgIpc) is 2.48. The molecule has 6 heteroatoms. The van der Waals surface area contributed by atoms with Crippen molar-refractivity contribution in [3.8, 4) is 0 Å². The minimum atomic E-state index is -0.941. The summed E-state index contributed by atoms with van der Waals surface area (Å²) >= 11 is 0. The van der Waals surface area contributed by atoms with Crippen LogP contribution in [0.25, 0.3) is 0 Å². The maximum Gasteiger partial charge on any atom is 0.327 e. The maximum atomic E-state index is 11.9. The molecule has 5 unspecified atom stereocenters. The van der Waals surface area contributed by atoms with Gasteiger partial charge in [-0.05, 0) is 20.8 Å². The number of rotatable bonds is 0. The van der Waals surface area contributed by atoms with Crippen LogP contribution >= 0.6 is 7.71 Å². The lowest BCUT2D eigenvalue weighted by Crippen LogP contribution is -2.54. The van der Waals surface area contributed by atoms with E-state index in [1.807, 2.05) is 20.8 Å². The van der Waals surface area contributed by atoms with E-state index >= 15 is 0 Å². The summed E-state index contributed by atoms with van der Waals surface area (Å²) in [6.45, 7) is 5.87. The molecule has 0 aromatic carbocycles. The van der Waals surface area contributed by atoms with Crippen LogP contribution in [0.3, 0.4) is 0 Å². The predicted molar refractivity (Wildman–Crippen MR) is 61.8 cm³/mol. The number of urea groups is 1. The van der Waals surface area contributed by atoms with Crippen molar-refractivity contribution < 1.29 is 9.59 Å². The molecule has 0 radical (unpaired) electrons. The second-order valence-electron chi connectivity index (χ2n) is 4.66. The Bertz CT molecular complexity index is 384. The van der Waals surface area contributed by atoms with Crippen LogP contribution in [0, 0.1) is 5.16 Å². The van der Waals surface area contributed by atoms with E-state index in [0.717, 1.165) is 0 Å². The Hall–Kier alpha value is -0.960. The van der Waals surface area contributed by atoms with Crippen molar-refractivity contribution >= 4 is 19.7 Å². The molecular formula is C10H17N3O2P+. The summed E-state index contributed by atoms with van der Waals surface area (Å²) in [4.78, 5) is 26.7. The van der Waals surface area contributed by atoms with Gasteiger partial charge in [0.2, 0.25) is 7.71 Å². The predicted octanol–water partition coefficient (Wildman–Crippen LogP) is 1.67. The molecule has 0 aliphatic carbocycles. The largest absolute Gasteiger partial charge is 0.327 e. The lowest BCUT2D eigenvalue weighted by Gasteiger charge is -2.35. The van der Waals surface area contributed by atoms with Crippen LogP contribution in [-0.4, -0.2) is 52.2 Å². The Labute approximate surface area is 96.0 Å². The molecule has 2 aliphatic heterocycles. The third-order valence-corrected chi connectivity index (χ3v) is 6.33. The molecule has 0 bridgehead atoms. The summed E-state index contributed by atoms with van der Waals surface area (Å²) in [5, 5.41) is 8.14. The number of likely N-dealkylation sites (N-methyl/N-ethyl adjacent to an activating group) is 1. The molecule has 2 fully saturated rings. The fourth-order valence-electron chi connectivity index (χ4n) is 2.56. The standard InChI is InChI=1S/C10H17N3O2P/c1-5-6(2)16(11)7(3)8-9(14)12(4)10(15)13(5)8/h5-8,11H,1-4H3/q+1. The molecule has 2 heterocycles. The van der Waals surface area contributed by atoms with Crippen LogP contribution in [0.2, 0.25) is 0 Å². The Balaban J connectivity index is 2.44. The van der Waals surface area contributed by atoms with Crippen molar-refractivity contribution in [2.45, 2.75) is 44.2 Å². The van der Waals surface area contributed by atoms with E-state index in [2.05, 4.69) is 0 Å². The number of hydrogen-bond donors (Lipinski definition) is 1. The van der Waals surface area contributed by atoms with Gasteiger partial charge in [0.15, 0.2) is 17.4 Å². The fourth-order valence-corrected chi connectivity index (χ4v) is 4.48. The lowest BCUT2D eigenvalue weighted by molar-refractivity contribution is -0.127. The highest BCUT2D eigenvalue weighted by Crippen LogP contribution is 2.47. The summed E-state index contributed by atoms with van der Waals surface area (Å²) in [5.41, 5.74) is 0.145. The van der Waals surface area contributed by atoms with E-state index < -0.39 is 13.8 Å². The normalized spacial score (nSPS) is 41.6. The van der Waals surface area contributed by atoms with Crippen LogP contribution in [-0.2, 0) is 4.79 Å². The summed E-state index contributed by atoms with van der Waals surface area (Å²) < 4.78 is 0. The van der Waals surface area contributed by atoms with Crippen molar-refractivity contribution in [3.63, 3.8) is 0 Å². The van der Waals surface area contributed by atoms with Crippen LogP contribution < -0.4 is 0 Å². The third-order valence-electron chi connectivity index (χ3n) is 3.86. The number of imide groups is 1. The van der Waals surface area contributed by atoms with Crippen molar-refractivity contribution in [1.82, 2.24) is 9.80 Å². The van der Waals surface area contributed by atoms with Crippen molar-refractivity contribution in [3.05, 3.63) is 0 Å². The first-order valence-electron chi connectivity index (χ1n) is 5.47. The number of hydrogen-bond acceptors (Lipinski definition) is 3. The van der Waals surface area contributed by atoms with Gasteiger partial charge in [-0.2, -0.15) is 0 Å². The zero-order chi connectivity index (χ0) is 12.2.